The monoisotopic (exact) mass is 324 g/mol. The highest BCUT2D eigenvalue weighted by Crippen LogP contribution is 2.26. The van der Waals surface area contributed by atoms with Gasteiger partial charge in [0.2, 0.25) is 0 Å². The summed E-state index contributed by atoms with van der Waals surface area (Å²) in [6.07, 6.45) is 0.803. The molecule has 0 bridgehead atoms. The summed E-state index contributed by atoms with van der Waals surface area (Å²) in [4.78, 5) is 0. The molecule has 0 aliphatic carbocycles. The fraction of sp³-hybridized carbons (Fsp3) is 0.294. The molecule has 0 fully saturated rings. The second-order valence-electron chi connectivity index (χ2n) is 4.74. The zero-order valence-electron chi connectivity index (χ0n) is 12.2. The summed E-state index contributed by atoms with van der Waals surface area (Å²) in [5.41, 5.74) is 4.33. The average molecular weight is 325 g/mol. The van der Waals surface area contributed by atoms with E-state index in [0.29, 0.717) is 11.8 Å². The fourth-order valence-corrected chi connectivity index (χ4v) is 2.70. The van der Waals surface area contributed by atoms with Crippen molar-refractivity contribution in [3.63, 3.8) is 0 Å². The predicted molar refractivity (Wildman–Crippen MR) is 87.9 cm³/mol. The minimum atomic E-state index is 0.446. The van der Waals surface area contributed by atoms with Crippen LogP contribution in [0.4, 0.5) is 0 Å². The van der Waals surface area contributed by atoms with Gasteiger partial charge in [0.05, 0.1) is 26.0 Å². The highest BCUT2D eigenvalue weighted by atomic mass is 35.5. The lowest BCUT2D eigenvalue weighted by atomic mass is 10.0. The van der Waals surface area contributed by atoms with Crippen LogP contribution in [0, 0.1) is 0 Å². The van der Waals surface area contributed by atoms with E-state index >= 15 is 0 Å². The molecule has 4 heteroatoms. The summed E-state index contributed by atoms with van der Waals surface area (Å²) < 4.78 is 10.7. The summed E-state index contributed by atoms with van der Waals surface area (Å²) in [7, 11) is 3.32. The minimum Gasteiger partial charge on any atom is -0.496 e. The average Bonchev–Trinajstić information content (AvgIpc) is 2.54. The highest BCUT2D eigenvalue weighted by molar-refractivity contribution is 6.17. The van der Waals surface area contributed by atoms with Gasteiger partial charge in [0.25, 0.3) is 0 Å². The topological polar surface area (TPSA) is 18.5 Å². The molecule has 0 aliphatic heterocycles. The molecule has 0 atom stereocenters. The van der Waals surface area contributed by atoms with Gasteiger partial charge in [-0.05, 0) is 29.7 Å². The van der Waals surface area contributed by atoms with E-state index in [-0.39, 0.29) is 0 Å². The molecule has 0 amide bonds. The zero-order valence-corrected chi connectivity index (χ0v) is 13.7. The van der Waals surface area contributed by atoms with Crippen LogP contribution in [0.1, 0.15) is 22.3 Å². The van der Waals surface area contributed by atoms with Gasteiger partial charge in [-0.15, -0.1) is 23.2 Å². The SMILES string of the molecule is COc1cc(Cc2ccc(CCl)c(OC)c2)ccc1CCl. The summed E-state index contributed by atoms with van der Waals surface area (Å²) in [6.45, 7) is 0. The molecular formula is C17H18Cl2O2. The Morgan fingerprint density at radius 2 is 1.19 bits per heavy atom. The standard InChI is InChI=1S/C17H18Cl2O2/c1-20-16-8-12(3-5-14(16)10-18)7-13-4-6-15(11-19)17(9-13)21-2/h3-6,8-9H,7,10-11H2,1-2H3. The van der Waals surface area contributed by atoms with Gasteiger partial charge < -0.3 is 9.47 Å². The second-order valence-corrected chi connectivity index (χ2v) is 5.27. The third kappa shape index (κ3) is 3.84. The molecule has 2 aromatic carbocycles. The molecule has 0 unspecified atom stereocenters. The van der Waals surface area contributed by atoms with Crippen molar-refractivity contribution >= 4 is 23.2 Å². The molecular weight excluding hydrogens is 307 g/mol. The maximum atomic E-state index is 5.89. The lowest BCUT2D eigenvalue weighted by Gasteiger charge is -2.11. The normalized spacial score (nSPS) is 10.5. The number of benzene rings is 2. The third-order valence-corrected chi connectivity index (χ3v) is 3.98. The van der Waals surface area contributed by atoms with Crippen molar-refractivity contribution in [1.82, 2.24) is 0 Å². The summed E-state index contributed by atoms with van der Waals surface area (Å²) in [5.74, 6) is 2.54. The number of halogens is 2. The van der Waals surface area contributed by atoms with E-state index in [0.717, 1.165) is 29.0 Å². The van der Waals surface area contributed by atoms with E-state index in [4.69, 9.17) is 32.7 Å². The molecule has 2 aromatic rings. The van der Waals surface area contributed by atoms with Crippen LogP contribution in [0.25, 0.3) is 0 Å². The predicted octanol–water partition coefficient (Wildman–Crippen LogP) is 4.77. The highest BCUT2D eigenvalue weighted by Gasteiger charge is 2.07. The summed E-state index contributed by atoms with van der Waals surface area (Å²) in [6, 6.07) is 12.2. The number of rotatable bonds is 6. The molecule has 2 nitrogen and oxygen atoms in total. The maximum Gasteiger partial charge on any atom is 0.123 e. The van der Waals surface area contributed by atoms with Crippen LogP contribution in [-0.4, -0.2) is 14.2 Å². The number of hydrogen-bond acceptors (Lipinski definition) is 2. The van der Waals surface area contributed by atoms with Gasteiger partial charge >= 0.3 is 0 Å². The van der Waals surface area contributed by atoms with E-state index in [1.807, 2.05) is 24.3 Å². The van der Waals surface area contributed by atoms with Crippen molar-refractivity contribution in [1.29, 1.82) is 0 Å². The van der Waals surface area contributed by atoms with Crippen LogP contribution in [0.3, 0.4) is 0 Å². The summed E-state index contributed by atoms with van der Waals surface area (Å²) >= 11 is 11.8. The first kappa shape index (κ1) is 16.0. The fourth-order valence-electron chi connectivity index (χ4n) is 2.25. The Balaban J connectivity index is 2.25. The number of ether oxygens (including phenoxy) is 2. The van der Waals surface area contributed by atoms with Crippen LogP contribution in [0.15, 0.2) is 36.4 Å². The zero-order chi connectivity index (χ0) is 15.2. The lowest BCUT2D eigenvalue weighted by molar-refractivity contribution is 0.410. The quantitative estimate of drug-likeness (QED) is 0.712. The van der Waals surface area contributed by atoms with Gasteiger partial charge in [-0.25, -0.2) is 0 Å². The number of alkyl halides is 2. The molecule has 0 N–H and O–H groups in total. The van der Waals surface area contributed by atoms with Crippen molar-refractivity contribution in [3.8, 4) is 11.5 Å². The van der Waals surface area contributed by atoms with Crippen LogP contribution in [0.2, 0.25) is 0 Å². The smallest absolute Gasteiger partial charge is 0.123 e. The molecule has 112 valence electrons. The Labute approximate surface area is 135 Å². The van der Waals surface area contributed by atoms with Gasteiger partial charge in [-0.2, -0.15) is 0 Å². The van der Waals surface area contributed by atoms with E-state index < -0.39 is 0 Å². The van der Waals surface area contributed by atoms with E-state index in [2.05, 4.69) is 12.1 Å². The molecule has 21 heavy (non-hydrogen) atoms. The Kier molecular flexibility index (Phi) is 5.77. The van der Waals surface area contributed by atoms with Crippen molar-refractivity contribution < 1.29 is 9.47 Å². The van der Waals surface area contributed by atoms with Crippen LogP contribution < -0.4 is 9.47 Å². The van der Waals surface area contributed by atoms with Crippen LogP contribution in [0.5, 0.6) is 11.5 Å². The van der Waals surface area contributed by atoms with Gasteiger partial charge in [0.1, 0.15) is 11.5 Å². The first-order valence-electron chi connectivity index (χ1n) is 6.65. The van der Waals surface area contributed by atoms with Gasteiger partial charge in [-0.1, -0.05) is 24.3 Å². The van der Waals surface area contributed by atoms with Crippen molar-refractivity contribution in [2.45, 2.75) is 18.2 Å². The Morgan fingerprint density at radius 1 is 0.762 bits per heavy atom. The molecule has 0 heterocycles. The Morgan fingerprint density at radius 3 is 1.52 bits per heavy atom. The van der Waals surface area contributed by atoms with Crippen LogP contribution >= 0.6 is 23.2 Å². The molecule has 0 aliphatic rings. The van der Waals surface area contributed by atoms with Gasteiger partial charge in [-0.3, -0.25) is 0 Å². The molecule has 0 saturated heterocycles. The number of hydrogen-bond donors (Lipinski definition) is 0. The van der Waals surface area contributed by atoms with Gasteiger partial charge in [0.15, 0.2) is 0 Å². The molecule has 2 rings (SSSR count). The Bertz CT molecular complexity index is 558. The van der Waals surface area contributed by atoms with Crippen molar-refractivity contribution in [3.05, 3.63) is 58.7 Å². The van der Waals surface area contributed by atoms with Gasteiger partial charge in [0, 0.05) is 11.1 Å². The largest absolute Gasteiger partial charge is 0.496 e. The third-order valence-electron chi connectivity index (χ3n) is 3.40. The molecule has 0 aromatic heterocycles. The summed E-state index contributed by atoms with van der Waals surface area (Å²) in [5, 5.41) is 0. The van der Waals surface area contributed by atoms with E-state index in [9.17, 15) is 0 Å². The molecule has 0 spiro atoms. The van der Waals surface area contributed by atoms with E-state index in [1.54, 1.807) is 14.2 Å². The maximum absolute atomic E-state index is 5.89. The number of methoxy groups -OCH3 is 2. The lowest BCUT2D eigenvalue weighted by Crippen LogP contribution is -1.96. The van der Waals surface area contributed by atoms with Crippen molar-refractivity contribution in [2.24, 2.45) is 0 Å². The van der Waals surface area contributed by atoms with E-state index in [1.165, 1.54) is 11.1 Å². The second kappa shape index (κ2) is 7.58. The minimum absolute atomic E-state index is 0.446. The first-order chi connectivity index (χ1) is 10.2. The van der Waals surface area contributed by atoms with Crippen molar-refractivity contribution in [2.75, 3.05) is 14.2 Å². The Hall–Kier alpha value is -1.38. The van der Waals surface area contributed by atoms with Crippen LogP contribution in [-0.2, 0) is 18.2 Å². The molecule has 0 saturated carbocycles. The molecule has 0 radical (unpaired) electrons. The first-order valence-corrected chi connectivity index (χ1v) is 7.72.